The van der Waals surface area contributed by atoms with Crippen LogP contribution in [-0.4, -0.2) is 19.0 Å². The van der Waals surface area contributed by atoms with Crippen molar-refractivity contribution in [3.8, 4) is 0 Å². The molecule has 0 bridgehead atoms. The lowest BCUT2D eigenvalue weighted by atomic mass is 9.93. The maximum atomic E-state index is 10.9. The van der Waals surface area contributed by atoms with E-state index >= 15 is 0 Å². The van der Waals surface area contributed by atoms with Crippen LogP contribution in [0.5, 0.6) is 0 Å². The zero-order valence-corrected chi connectivity index (χ0v) is 8.85. The van der Waals surface area contributed by atoms with E-state index in [0.29, 0.717) is 6.42 Å². The lowest BCUT2D eigenvalue weighted by molar-refractivity contribution is -0.120. The van der Waals surface area contributed by atoms with Crippen LogP contribution in [0.4, 0.5) is 0 Å². The van der Waals surface area contributed by atoms with Crippen LogP contribution in [0.3, 0.4) is 0 Å². The summed E-state index contributed by atoms with van der Waals surface area (Å²) in [6.45, 7) is 2.35. The second kappa shape index (κ2) is 6.82. The van der Waals surface area contributed by atoms with E-state index in [2.05, 4.69) is 17.7 Å². The minimum absolute atomic E-state index is 0.0618. The Balaban J connectivity index is 1.94. The Morgan fingerprint density at radius 2 is 2.36 bits per heavy atom. The number of rotatable bonds is 5. The minimum atomic E-state index is 0.0618. The van der Waals surface area contributed by atoms with E-state index in [1.807, 2.05) is 0 Å². The Kier molecular flexibility index (Phi) is 5.60. The highest BCUT2D eigenvalue weighted by atomic mass is 16.1. The van der Waals surface area contributed by atoms with E-state index in [4.69, 9.17) is 0 Å². The molecule has 0 spiro atoms. The molecule has 1 aliphatic rings. The topological polar surface area (TPSA) is 41.1 Å². The highest BCUT2D eigenvalue weighted by molar-refractivity contribution is 5.75. The summed E-state index contributed by atoms with van der Waals surface area (Å²) < 4.78 is 0. The highest BCUT2D eigenvalue weighted by Crippen LogP contribution is 2.17. The van der Waals surface area contributed by atoms with Crippen molar-refractivity contribution in [2.24, 2.45) is 5.92 Å². The van der Waals surface area contributed by atoms with E-state index < -0.39 is 0 Å². The zero-order chi connectivity index (χ0) is 10.2. The number of hydrogen-bond donors (Lipinski definition) is 2. The van der Waals surface area contributed by atoms with Crippen molar-refractivity contribution in [1.82, 2.24) is 10.6 Å². The molecule has 1 fully saturated rings. The number of carbonyl (C=O) groups excluding carboxylic acids is 1. The van der Waals surface area contributed by atoms with Gasteiger partial charge in [0.25, 0.3) is 0 Å². The molecular weight excluding hydrogens is 176 g/mol. The molecule has 81 valence electrons. The van der Waals surface area contributed by atoms with E-state index in [1.165, 1.54) is 38.8 Å². The molecule has 0 aromatic rings. The molecule has 0 aromatic carbocycles. The molecule has 0 aromatic heterocycles. The summed E-state index contributed by atoms with van der Waals surface area (Å²) in [6, 6.07) is 0. The third kappa shape index (κ3) is 4.61. The molecule has 3 nitrogen and oxygen atoms in total. The zero-order valence-electron chi connectivity index (χ0n) is 8.85. The van der Waals surface area contributed by atoms with Gasteiger partial charge in [-0.1, -0.05) is 6.42 Å². The van der Waals surface area contributed by atoms with Gasteiger partial charge in [-0.05, 0) is 44.7 Å². The van der Waals surface area contributed by atoms with Gasteiger partial charge in [-0.25, -0.2) is 0 Å². The van der Waals surface area contributed by atoms with Gasteiger partial charge in [-0.3, -0.25) is 4.79 Å². The highest BCUT2D eigenvalue weighted by Gasteiger charge is 2.12. The van der Waals surface area contributed by atoms with Crippen LogP contribution >= 0.6 is 0 Å². The van der Waals surface area contributed by atoms with Crippen molar-refractivity contribution >= 4 is 5.91 Å². The van der Waals surface area contributed by atoms with Gasteiger partial charge in [0.1, 0.15) is 0 Å². The van der Waals surface area contributed by atoms with Crippen LogP contribution in [-0.2, 0) is 4.79 Å². The summed E-state index contributed by atoms with van der Waals surface area (Å²) in [5.74, 6) is 0.901. The number of amides is 1. The van der Waals surface area contributed by atoms with Crippen molar-refractivity contribution in [3.63, 3.8) is 0 Å². The second-order valence-electron chi connectivity index (χ2n) is 4.06. The molecule has 0 aliphatic carbocycles. The molecule has 1 unspecified atom stereocenters. The smallest absolute Gasteiger partial charge is 0.220 e. The molecule has 0 saturated carbocycles. The van der Waals surface area contributed by atoms with Crippen LogP contribution in [0.15, 0.2) is 0 Å². The maximum absolute atomic E-state index is 10.9. The largest absolute Gasteiger partial charge is 0.354 e. The summed E-state index contributed by atoms with van der Waals surface area (Å²) in [5, 5.41) is 5.81. The average molecular weight is 197 g/mol. The number of piperidine rings is 1. The summed E-state index contributed by atoms with van der Waals surface area (Å²) in [7, 11) is 3.34. The standard InChI is InChI=1S/C11H21N2O/c1-12-11(14)7-3-2-5-10-6-4-8-13-9-10/h10,13H,1-9H2,(H,12,14). The molecule has 1 rings (SSSR count). The third-order valence-corrected chi connectivity index (χ3v) is 2.86. The number of unbranched alkanes of at least 4 members (excludes halogenated alkanes) is 1. The minimum Gasteiger partial charge on any atom is -0.354 e. The van der Waals surface area contributed by atoms with Crippen LogP contribution in [0.2, 0.25) is 0 Å². The van der Waals surface area contributed by atoms with Gasteiger partial charge in [-0.15, -0.1) is 0 Å². The fourth-order valence-corrected chi connectivity index (χ4v) is 1.98. The van der Waals surface area contributed by atoms with Gasteiger partial charge < -0.3 is 10.6 Å². The molecule has 1 amide bonds. The van der Waals surface area contributed by atoms with Crippen molar-refractivity contribution in [3.05, 3.63) is 7.05 Å². The summed E-state index contributed by atoms with van der Waals surface area (Å²) in [5.41, 5.74) is 0. The first kappa shape index (κ1) is 11.5. The van der Waals surface area contributed by atoms with Crippen LogP contribution < -0.4 is 10.6 Å². The fraction of sp³-hybridized carbons (Fsp3) is 0.818. The Hall–Kier alpha value is -0.570. The number of hydrogen-bond acceptors (Lipinski definition) is 2. The van der Waals surface area contributed by atoms with Gasteiger partial charge in [0.2, 0.25) is 5.91 Å². The molecule has 3 heteroatoms. The summed E-state index contributed by atoms with van der Waals surface area (Å²) in [4.78, 5) is 10.9. The molecule has 2 N–H and O–H groups in total. The van der Waals surface area contributed by atoms with Gasteiger partial charge in [-0.2, -0.15) is 0 Å². The van der Waals surface area contributed by atoms with Gasteiger partial charge in [0.15, 0.2) is 0 Å². The van der Waals surface area contributed by atoms with Gasteiger partial charge in [0, 0.05) is 13.5 Å². The predicted molar refractivity (Wildman–Crippen MR) is 57.6 cm³/mol. The van der Waals surface area contributed by atoms with E-state index in [1.54, 1.807) is 0 Å². The molecule has 14 heavy (non-hydrogen) atoms. The van der Waals surface area contributed by atoms with Crippen molar-refractivity contribution in [2.75, 3.05) is 13.1 Å². The molecule has 1 heterocycles. The van der Waals surface area contributed by atoms with Crippen molar-refractivity contribution in [1.29, 1.82) is 0 Å². The van der Waals surface area contributed by atoms with Crippen molar-refractivity contribution < 1.29 is 4.79 Å². The normalized spacial score (nSPS) is 21.9. The third-order valence-electron chi connectivity index (χ3n) is 2.86. The van der Waals surface area contributed by atoms with E-state index in [9.17, 15) is 4.79 Å². The summed E-state index contributed by atoms with van der Waals surface area (Å²) >= 11 is 0. The fourth-order valence-electron chi connectivity index (χ4n) is 1.98. The van der Waals surface area contributed by atoms with E-state index in [-0.39, 0.29) is 5.91 Å². The SMILES string of the molecule is [CH2]NC(=O)CCCCC1CCCNC1. The maximum Gasteiger partial charge on any atom is 0.220 e. The second-order valence-corrected chi connectivity index (χ2v) is 4.06. The number of nitrogens with one attached hydrogen (secondary N) is 2. The van der Waals surface area contributed by atoms with E-state index in [0.717, 1.165) is 12.3 Å². The lowest BCUT2D eigenvalue weighted by Crippen LogP contribution is -2.29. The molecule has 1 saturated heterocycles. The Morgan fingerprint density at radius 3 is 3.00 bits per heavy atom. The molecular formula is C11H21N2O. The monoisotopic (exact) mass is 197 g/mol. The van der Waals surface area contributed by atoms with Gasteiger partial charge in [0.05, 0.1) is 0 Å². The average Bonchev–Trinajstić information content (AvgIpc) is 2.25. The van der Waals surface area contributed by atoms with Gasteiger partial charge >= 0.3 is 0 Å². The molecule has 1 atom stereocenters. The first-order valence-corrected chi connectivity index (χ1v) is 5.59. The summed E-state index contributed by atoms with van der Waals surface area (Å²) in [6.07, 6.45) is 6.72. The Morgan fingerprint density at radius 1 is 1.50 bits per heavy atom. The Labute approximate surface area is 86.6 Å². The number of carbonyl (C=O) groups is 1. The van der Waals surface area contributed by atoms with Crippen molar-refractivity contribution in [2.45, 2.75) is 38.5 Å². The Bertz CT molecular complexity index is 165. The lowest BCUT2D eigenvalue weighted by Gasteiger charge is -2.22. The predicted octanol–water partition coefficient (Wildman–Crippen LogP) is 1.45. The quantitative estimate of drug-likeness (QED) is 0.655. The molecule has 1 radical (unpaired) electrons. The van der Waals surface area contributed by atoms with Crippen LogP contribution in [0, 0.1) is 13.0 Å². The van der Waals surface area contributed by atoms with Crippen LogP contribution in [0.1, 0.15) is 38.5 Å². The molecule has 1 aliphatic heterocycles. The first-order chi connectivity index (χ1) is 6.83. The van der Waals surface area contributed by atoms with Crippen LogP contribution in [0.25, 0.3) is 0 Å². The first-order valence-electron chi connectivity index (χ1n) is 5.59.